The molecule has 13 heavy (non-hydrogen) atoms. The van der Waals surface area contributed by atoms with Crippen LogP contribution < -0.4 is 4.72 Å². The molecule has 3 nitrogen and oxygen atoms in total. The first-order valence-corrected chi connectivity index (χ1v) is 5.68. The van der Waals surface area contributed by atoms with Gasteiger partial charge in [-0.2, -0.15) is 0 Å². The van der Waals surface area contributed by atoms with Crippen molar-refractivity contribution in [1.29, 1.82) is 0 Å². The Morgan fingerprint density at radius 3 is 2.54 bits per heavy atom. The molecular formula is C9H12NO2S. The third-order valence-corrected chi connectivity index (χ3v) is 2.30. The molecule has 0 aromatic heterocycles. The molecule has 0 bridgehead atoms. The molecule has 0 unspecified atom stereocenters. The van der Waals surface area contributed by atoms with Crippen LogP contribution in [0.15, 0.2) is 18.2 Å². The summed E-state index contributed by atoms with van der Waals surface area (Å²) in [5.41, 5.74) is 2.23. The summed E-state index contributed by atoms with van der Waals surface area (Å²) in [7, 11) is -3.21. The lowest BCUT2D eigenvalue weighted by atomic mass is 10.1. The Bertz CT molecular complexity index is 410. The lowest BCUT2D eigenvalue weighted by Crippen LogP contribution is -2.10. The van der Waals surface area contributed by atoms with Crippen LogP contribution in [-0.2, 0) is 10.0 Å². The van der Waals surface area contributed by atoms with Crippen molar-refractivity contribution in [2.75, 3.05) is 11.0 Å². The second kappa shape index (κ2) is 3.38. The minimum absolute atomic E-state index is 0.544. The predicted octanol–water partition coefficient (Wildman–Crippen LogP) is 1.55. The summed E-state index contributed by atoms with van der Waals surface area (Å²) in [5, 5.41) is 0. The highest BCUT2D eigenvalue weighted by Crippen LogP contribution is 2.18. The molecule has 0 aliphatic rings. The lowest BCUT2D eigenvalue weighted by Gasteiger charge is -2.08. The number of hydrogen-bond acceptors (Lipinski definition) is 2. The highest BCUT2D eigenvalue weighted by molar-refractivity contribution is 7.92. The molecule has 0 aliphatic heterocycles. The van der Waals surface area contributed by atoms with Gasteiger partial charge in [-0.3, -0.25) is 4.72 Å². The zero-order valence-corrected chi connectivity index (χ0v) is 8.48. The molecule has 1 aromatic carbocycles. The molecule has 0 heterocycles. The normalized spacial score (nSPS) is 11.3. The van der Waals surface area contributed by atoms with E-state index in [1.807, 2.05) is 13.0 Å². The molecule has 1 aromatic rings. The van der Waals surface area contributed by atoms with E-state index in [2.05, 4.69) is 11.6 Å². The molecule has 1 radical (unpaired) electrons. The molecule has 4 heteroatoms. The van der Waals surface area contributed by atoms with Crippen molar-refractivity contribution in [3.63, 3.8) is 0 Å². The van der Waals surface area contributed by atoms with E-state index >= 15 is 0 Å². The Morgan fingerprint density at radius 1 is 1.38 bits per heavy atom. The van der Waals surface area contributed by atoms with E-state index in [0.717, 1.165) is 11.8 Å². The van der Waals surface area contributed by atoms with Gasteiger partial charge in [-0.25, -0.2) is 8.42 Å². The molecule has 0 fully saturated rings. The number of hydrogen-bond donors (Lipinski definition) is 1. The molecule has 71 valence electrons. The number of benzene rings is 1. The van der Waals surface area contributed by atoms with Gasteiger partial charge in [-0.05, 0) is 31.0 Å². The summed E-state index contributed by atoms with van der Waals surface area (Å²) < 4.78 is 24.3. The Hall–Kier alpha value is -1.03. The van der Waals surface area contributed by atoms with Crippen LogP contribution >= 0.6 is 0 Å². The predicted molar refractivity (Wildman–Crippen MR) is 54.1 cm³/mol. The maximum atomic E-state index is 10.9. The molecule has 1 rings (SSSR count). The smallest absolute Gasteiger partial charge is 0.229 e. The minimum Gasteiger partial charge on any atom is -0.283 e. The third-order valence-electron chi connectivity index (χ3n) is 1.71. The fraction of sp³-hybridized carbons (Fsp3) is 0.222. The van der Waals surface area contributed by atoms with Gasteiger partial charge < -0.3 is 0 Å². The Kier molecular flexibility index (Phi) is 2.61. The highest BCUT2D eigenvalue weighted by atomic mass is 32.2. The van der Waals surface area contributed by atoms with Gasteiger partial charge in [0, 0.05) is 0 Å². The van der Waals surface area contributed by atoms with E-state index < -0.39 is 10.0 Å². The van der Waals surface area contributed by atoms with E-state index in [-0.39, 0.29) is 0 Å². The van der Waals surface area contributed by atoms with Gasteiger partial charge in [-0.15, -0.1) is 0 Å². The van der Waals surface area contributed by atoms with Crippen LogP contribution in [0.2, 0.25) is 0 Å². The maximum Gasteiger partial charge on any atom is 0.229 e. The summed E-state index contributed by atoms with van der Waals surface area (Å²) in [6.45, 7) is 5.66. The van der Waals surface area contributed by atoms with Crippen LogP contribution in [0.3, 0.4) is 0 Å². The standard InChI is InChI=1S/C9H12NO2S/c1-7-5-4-6-9(8(7)2)10-13(3,11)12/h4-6,10H,2H2,1,3H3. The molecule has 0 saturated carbocycles. The van der Waals surface area contributed by atoms with Crippen LogP contribution in [0.25, 0.3) is 0 Å². The second-order valence-electron chi connectivity index (χ2n) is 2.98. The zero-order chi connectivity index (χ0) is 10.1. The molecule has 0 saturated heterocycles. The third kappa shape index (κ3) is 2.73. The van der Waals surface area contributed by atoms with Gasteiger partial charge in [0.25, 0.3) is 0 Å². The number of sulfonamides is 1. The zero-order valence-electron chi connectivity index (χ0n) is 7.66. The largest absolute Gasteiger partial charge is 0.283 e. The van der Waals surface area contributed by atoms with Crippen LogP contribution in [0.1, 0.15) is 11.1 Å². The number of rotatable bonds is 2. The Balaban J connectivity index is 3.10. The summed E-state index contributed by atoms with van der Waals surface area (Å²) in [4.78, 5) is 0. The van der Waals surface area contributed by atoms with E-state index in [0.29, 0.717) is 11.3 Å². The average molecular weight is 198 g/mol. The van der Waals surface area contributed by atoms with E-state index in [1.54, 1.807) is 12.1 Å². The van der Waals surface area contributed by atoms with Crippen LogP contribution in [0.4, 0.5) is 5.69 Å². The summed E-state index contributed by atoms with van der Waals surface area (Å²) >= 11 is 0. The monoisotopic (exact) mass is 198 g/mol. The van der Waals surface area contributed by atoms with E-state index in [1.165, 1.54) is 0 Å². The average Bonchev–Trinajstić information content (AvgIpc) is 1.96. The van der Waals surface area contributed by atoms with Crippen LogP contribution in [-0.4, -0.2) is 14.7 Å². The van der Waals surface area contributed by atoms with Crippen molar-refractivity contribution in [3.05, 3.63) is 36.2 Å². The van der Waals surface area contributed by atoms with Crippen molar-refractivity contribution in [2.45, 2.75) is 6.92 Å². The van der Waals surface area contributed by atoms with Gasteiger partial charge in [0.15, 0.2) is 0 Å². The second-order valence-corrected chi connectivity index (χ2v) is 4.72. The fourth-order valence-electron chi connectivity index (χ4n) is 0.998. The summed E-state index contributed by atoms with van der Waals surface area (Å²) in [6, 6.07) is 5.36. The summed E-state index contributed by atoms with van der Waals surface area (Å²) in [6.07, 6.45) is 1.12. The maximum absolute atomic E-state index is 10.9. The number of anilines is 1. The van der Waals surface area contributed by atoms with Crippen molar-refractivity contribution in [1.82, 2.24) is 0 Å². The minimum atomic E-state index is -3.21. The van der Waals surface area contributed by atoms with E-state index in [9.17, 15) is 8.42 Å². The number of aryl methyl sites for hydroxylation is 1. The van der Waals surface area contributed by atoms with Crippen molar-refractivity contribution < 1.29 is 8.42 Å². The molecule has 0 atom stereocenters. The van der Waals surface area contributed by atoms with E-state index in [4.69, 9.17) is 0 Å². The van der Waals surface area contributed by atoms with Crippen LogP contribution in [0.5, 0.6) is 0 Å². The molecule has 0 aliphatic carbocycles. The first-order chi connectivity index (χ1) is 5.90. The quantitative estimate of drug-likeness (QED) is 0.783. The topological polar surface area (TPSA) is 46.2 Å². The van der Waals surface area contributed by atoms with Gasteiger partial charge in [0.2, 0.25) is 10.0 Å². The molecule has 0 amide bonds. The number of nitrogens with one attached hydrogen (secondary N) is 1. The van der Waals surface area contributed by atoms with Crippen molar-refractivity contribution >= 4 is 15.7 Å². The first-order valence-electron chi connectivity index (χ1n) is 3.79. The molecule has 0 spiro atoms. The van der Waals surface area contributed by atoms with Gasteiger partial charge >= 0.3 is 0 Å². The SMILES string of the molecule is [CH2]c1c(C)cccc1NS(C)(=O)=O. The Labute approximate surface area is 78.8 Å². The fourth-order valence-corrected chi connectivity index (χ4v) is 1.59. The first kappa shape index (κ1) is 10.1. The summed E-state index contributed by atoms with van der Waals surface area (Å²) in [5.74, 6) is 0. The molecular weight excluding hydrogens is 186 g/mol. The van der Waals surface area contributed by atoms with Crippen molar-refractivity contribution in [2.24, 2.45) is 0 Å². The van der Waals surface area contributed by atoms with Gasteiger partial charge in [0.1, 0.15) is 0 Å². The van der Waals surface area contributed by atoms with Gasteiger partial charge in [-0.1, -0.05) is 12.1 Å². The van der Waals surface area contributed by atoms with Crippen LogP contribution in [0, 0.1) is 13.8 Å². The highest BCUT2D eigenvalue weighted by Gasteiger charge is 2.05. The molecule has 1 N–H and O–H groups in total. The van der Waals surface area contributed by atoms with Crippen molar-refractivity contribution in [3.8, 4) is 0 Å². The Morgan fingerprint density at radius 2 is 2.00 bits per heavy atom. The lowest BCUT2D eigenvalue weighted by molar-refractivity contribution is 0.607. The van der Waals surface area contributed by atoms with Gasteiger partial charge in [0.05, 0.1) is 11.9 Å².